The van der Waals surface area contributed by atoms with Crippen molar-refractivity contribution in [3.8, 4) is 0 Å². The Morgan fingerprint density at radius 3 is 2.67 bits per heavy atom. The van der Waals surface area contributed by atoms with E-state index in [2.05, 4.69) is 41.3 Å². The summed E-state index contributed by atoms with van der Waals surface area (Å²) in [6.45, 7) is 7.81. The van der Waals surface area contributed by atoms with Crippen molar-refractivity contribution >= 4 is 5.69 Å². The largest absolute Gasteiger partial charge is 0.371 e. The molecule has 1 saturated heterocycles. The molecule has 0 spiro atoms. The summed E-state index contributed by atoms with van der Waals surface area (Å²) < 4.78 is 0. The molecule has 1 aliphatic heterocycles. The summed E-state index contributed by atoms with van der Waals surface area (Å²) in [6.07, 6.45) is 10.2. The van der Waals surface area contributed by atoms with Gasteiger partial charge in [0.25, 0.3) is 0 Å². The van der Waals surface area contributed by atoms with Crippen LogP contribution in [0.2, 0.25) is 0 Å². The summed E-state index contributed by atoms with van der Waals surface area (Å²) in [5, 5.41) is 3.63. The number of hydrogen-bond donors (Lipinski definition) is 1. The van der Waals surface area contributed by atoms with E-state index in [4.69, 9.17) is 0 Å². The van der Waals surface area contributed by atoms with Crippen molar-refractivity contribution in [2.45, 2.75) is 65.0 Å². The van der Waals surface area contributed by atoms with Crippen molar-refractivity contribution in [1.82, 2.24) is 10.3 Å². The van der Waals surface area contributed by atoms with E-state index in [0.717, 1.165) is 24.2 Å². The van der Waals surface area contributed by atoms with Crippen LogP contribution in [0.5, 0.6) is 0 Å². The Labute approximate surface area is 129 Å². The number of pyridine rings is 1. The highest BCUT2D eigenvalue weighted by molar-refractivity contribution is 5.54. The van der Waals surface area contributed by atoms with Gasteiger partial charge in [-0.2, -0.15) is 0 Å². The minimum atomic E-state index is 0.759. The third-order valence-electron chi connectivity index (χ3n) is 4.91. The molecule has 2 aliphatic rings. The standard InChI is InChI=1S/C18H29N3/c1-3-4-15-7-9-21(10-8-15)18-11-14(2)19-12-16(18)13-20-17-5-6-17/h11-12,15,17,20H,3-10,13H2,1-2H3. The van der Waals surface area contributed by atoms with E-state index in [0.29, 0.717) is 0 Å². The van der Waals surface area contributed by atoms with E-state index < -0.39 is 0 Å². The maximum atomic E-state index is 4.51. The predicted molar refractivity (Wildman–Crippen MR) is 88.7 cm³/mol. The molecule has 1 saturated carbocycles. The maximum Gasteiger partial charge on any atom is 0.0445 e. The molecule has 3 heteroatoms. The second kappa shape index (κ2) is 6.78. The molecule has 2 heterocycles. The van der Waals surface area contributed by atoms with E-state index in [9.17, 15) is 0 Å². The lowest BCUT2D eigenvalue weighted by Gasteiger charge is -2.35. The Kier molecular flexibility index (Phi) is 4.79. The number of piperidine rings is 1. The van der Waals surface area contributed by atoms with Gasteiger partial charge in [-0.15, -0.1) is 0 Å². The van der Waals surface area contributed by atoms with Gasteiger partial charge in [-0.25, -0.2) is 0 Å². The third-order valence-corrected chi connectivity index (χ3v) is 4.91. The fraction of sp³-hybridized carbons (Fsp3) is 0.722. The molecule has 0 amide bonds. The number of nitrogens with one attached hydrogen (secondary N) is 1. The third kappa shape index (κ3) is 3.97. The van der Waals surface area contributed by atoms with Crippen molar-refractivity contribution in [3.63, 3.8) is 0 Å². The lowest BCUT2D eigenvalue weighted by molar-refractivity contribution is 0.378. The van der Waals surface area contributed by atoms with E-state index >= 15 is 0 Å². The summed E-state index contributed by atoms with van der Waals surface area (Å²) in [6, 6.07) is 3.04. The first-order valence-corrected chi connectivity index (χ1v) is 8.70. The fourth-order valence-electron chi connectivity index (χ4n) is 3.42. The summed E-state index contributed by atoms with van der Waals surface area (Å²) in [5.41, 5.74) is 3.93. The highest BCUT2D eigenvalue weighted by Crippen LogP contribution is 2.29. The van der Waals surface area contributed by atoms with E-state index in [1.165, 1.54) is 62.9 Å². The lowest BCUT2D eigenvalue weighted by Crippen LogP contribution is -2.34. The molecule has 1 N–H and O–H groups in total. The van der Waals surface area contributed by atoms with Crippen LogP contribution in [0.1, 0.15) is 56.7 Å². The van der Waals surface area contributed by atoms with Crippen molar-refractivity contribution in [2.24, 2.45) is 5.92 Å². The fourth-order valence-corrected chi connectivity index (χ4v) is 3.42. The molecule has 3 rings (SSSR count). The zero-order valence-electron chi connectivity index (χ0n) is 13.6. The summed E-state index contributed by atoms with van der Waals surface area (Å²) >= 11 is 0. The molecule has 2 fully saturated rings. The van der Waals surface area contributed by atoms with Gasteiger partial charge in [-0.05, 0) is 44.6 Å². The summed E-state index contributed by atoms with van der Waals surface area (Å²) in [7, 11) is 0. The number of aromatic nitrogens is 1. The molecule has 3 nitrogen and oxygen atoms in total. The van der Waals surface area contributed by atoms with Crippen LogP contribution < -0.4 is 10.2 Å². The first-order chi connectivity index (χ1) is 10.3. The zero-order chi connectivity index (χ0) is 14.7. The Morgan fingerprint density at radius 2 is 2.00 bits per heavy atom. The van der Waals surface area contributed by atoms with Crippen molar-refractivity contribution < 1.29 is 0 Å². The van der Waals surface area contributed by atoms with Gasteiger partial charge >= 0.3 is 0 Å². The highest BCUT2D eigenvalue weighted by Gasteiger charge is 2.23. The number of aryl methyl sites for hydroxylation is 1. The topological polar surface area (TPSA) is 28.2 Å². The summed E-state index contributed by atoms with van der Waals surface area (Å²) in [4.78, 5) is 7.10. The van der Waals surface area contributed by atoms with Crippen LogP contribution in [0.3, 0.4) is 0 Å². The second-order valence-electron chi connectivity index (χ2n) is 6.83. The number of anilines is 1. The molecular formula is C18H29N3. The Bertz CT molecular complexity index is 460. The minimum Gasteiger partial charge on any atom is -0.371 e. The molecule has 116 valence electrons. The average Bonchev–Trinajstić information content (AvgIpc) is 3.31. The number of nitrogens with zero attached hydrogens (tertiary/aromatic N) is 2. The Balaban J connectivity index is 1.66. The SMILES string of the molecule is CCCC1CCN(c2cc(C)ncc2CNC2CC2)CC1. The van der Waals surface area contributed by atoms with Crippen molar-refractivity contribution in [1.29, 1.82) is 0 Å². The van der Waals surface area contributed by atoms with Crippen LogP contribution in [0.15, 0.2) is 12.3 Å². The zero-order valence-corrected chi connectivity index (χ0v) is 13.6. The van der Waals surface area contributed by atoms with E-state index in [1.54, 1.807) is 0 Å². The minimum absolute atomic E-state index is 0.759. The van der Waals surface area contributed by atoms with E-state index in [-0.39, 0.29) is 0 Å². The average molecular weight is 287 g/mol. The number of hydrogen-bond acceptors (Lipinski definition) is 3. The number of rotatable bonds is 6. The van der Waals surface area contributed by atoms with E-state index in [1.807, 2.05) is 0 Å². The van der Waals surface area contributed by atoms with Crippen molar-refractivity contribution in [3.05, 3.63) is 23.5 Å². The van der Waals surface area contributed by atoms with Crippen molar-refractivity contribution in [2.75, 3.05) is 18.0 Å². The van der Waals surface area contributed by atoms with Crippen LogP contribution in [0.25, 0.3) is 0 Å². The Hall–Kier alpha value is -1.09. The molecule has 1 aromatic heterocycles. The molecule has 0 radical (unpaired) electrons. The molecule has 0 atom stereocenters. The van der Waals surface area contributed by atoms with Crippen LogP contribution in [0.4, 0.5) is 5.69 Å². The predicted octanol–water partition coefficient (Wildman–Crippen LogP) is 3.66. The van der Waals surface area contributed by atoms with Gasteiger partial charge in [0.2, 0.25) is 0 Å². The molecule has 21 heavy (non-hydrogen) atoms. The van der Waals surface area contributed by atoms with Gasteiger partial charge < -0.3 is 10.2 Å². The molecule has 0 bridgehead atoms. The normalized spacial score (nSPS) is 20.0. The highest BCUT2D eigenvalue weighted by atomic mass is 15.1. The second-order valence-corrected chi connectivity index (χ2v) is 6.83. The van der Waals surface area contributed by atoms with Gasteiger partial charge in [-0.1, -0.05) is 19.8 Å². The smallest absolute Gasteiger partial charge is 0.0445 e. The van der Waals surface area contributed by atoms with Crippen LogP contribution in [-0.4, -0.2) is 24.1 Å². The van der Waals surface area contributed by atoms with Crippen LogP contribution >= 0.6 is 0 Å². The van der Waals surface area contributed by atoms with Gasteiger partial charge in [-0.3, -0.25) is 4.98 Å². The lowest BCUT2D eigenvalue weighted by atomic mass is 9.92. The molecule has 1 aromatic rings. The molecule has 0 aromatic carbocycles. The van der Waals surface area contributed by atoms with Crippen LogP contribution in [-0.2, 0) is 6.54 Å². The monoisotopic (exact) mass is 287 g/mol. The first kappa shape index (κ1) is 14.8. The quantitative estimate of drug-likeness (QED) is 0.865. The Morgan fingerprint density at radius 1 is 1.24 bits per heavy atom. The van der Waals surface area contributed by atoms with Gasteiger partial charge in [0.15, 0.2) is 0 Å². The van der Waals surface area contributed by atoms with Crippen LogP contribution in [0, 0.1) is 12.8 Å². The molecule has 0 unspecified atom stereocenters. The first-order valence-electron chi connectivity index (χ1n) is 8.70. The van der Waals surface area contributed by atoms with Gasteiger partial charge in [0, 0.05) is 48.8 Å². The van der Waals surface area contributed by atoms with Gasteiger partial charge in [0.1, 0.15) is 0 Å². The maximum absolute atomic E-state index is 4.51. The van der Waals surface area contributed by atoms with Gasteiger partial charge in [0.05, 0.1) is 0 Å². The summed E-state index contributed by atoms with van der Waals surface area (Å²) in [5.74, 6) is 0.947. The molecular weight excluding hydrogens is 258 g/mol. The molecule has 1 aliphatic carbocycles.